The predicted molar refractivity (Wildman–Crippen MR) is 96.7 cm³/mol. The van der Waals surface area contributed by atoms with Gasteiger partial charge in [0.2, 0.25) is 5.91 Å². The maximum absolute atomic E-state index is 12.2. The Labute approximate surface area is 139 Å². The molecule has 1 amide bonds. The molecule has 122 valence electrons. The molecule has 1 N–H and O–H groups in total. The van der Waals surface area contributed by atoms with Gasteiger partial charge in [-0.3, -0.25) is 9.69 Å². The fourth-order valence-electron chi connectivity index (χ4n) is 2.57. The van der Waals surface area contributed by atoms with Gasteiger partial charge in [0.25, 0.3) is 0 Å². The van der Waals surface area contributed by atoms with E-state index in [-0.39, 0.29) is 5.91 Å². The van der Waals surface area contributed by atoms with Crippen molar-refractivity contribution in [2.45, 2.75) is 33.7 Å². The van der Waals surface area contributed by atoms with E-state index < -0.39 is 0 Å². The second kappa shape index (κ2) is 7.93. The Hall–Kier alpha value is -2.13. The van der Waals surface area contributed by atoms with E-state index in [0.717, 1.165) is 24.2 Å². The Morgan fingerprint density at radius 1 is 1.04 bits per heavy atom. The highest BCUT2D eigenvalue weighted by atomic mass is 16.2. The number of carbonyl (C=O) groups is 1. The maximum atomic E-state index is 12.2. The zero-order chi connectivity index (χ0) is 16.8. The van der Waals surface area contributed by atoms with Crippen LogP contribution in [0.2, 0.25) is 0 Å². The molecule has 0 aliphatic heterocycles. The summed E-state index contributed by atoms with van der Waals surface area (Å²) >= 11 is 0. The van der Waals surface area contributed by atoms with E-state index in [4.69, 9.17) is 0 Å². The second-order valence-electron chi connectivity index (χ2n) is 6.14. The van der Waals surface area contributed by atoms with Crippen LogP contribution in [0.3, 0.4) is 0 Å². The molecule has 0 radical (unpaired) electrons. The van der Waals surface area contributed by atoms with Crippen molar-refractivity contribution in [1.29, 1.82) is 0 Å². The topological polar surface area (TPSA) is 32.3 Å². The lowest BCUT2D eigenvalue weighted by atomic mass is 10.1. The van der Waals surface area contributed by atoms with Crippen LogP contribution in [0.4, 0.5) is 5.69 Å². The molecule has 0 aromatic heterocycles. The molecule has 0 saturated heterocycles. The van der Waals surface area contributed by atoms with Crippen LogP contribution in [-0.4, -0.2) is 24.4 Å². The lowest BCUT2D eigenvalue weighted by Gasteiger charge is -2.17. The highest BCUT2D eigenvalue weighted by Gasteiger charge is 2.09. The summed E-state index contributed by atoms with van der Waals surface area (Å²) < 4.78 is 0. The molecule has 2 aromatic carbocycles. The molecule has 0 bridgehead atoms. The second-order valence-corrected chi connectivity index (χ2v) is 6.14. The molecule has 3 nitrogen and oxygen atoms in total. The van der Waals surface area contributed by atoms with E-state index in [9.17, 15) is 4.79 Å². The average Bonchev–Trinajstić information content (AvgIpc) is 2.52. The molecular formula is C20H26N2O. The summed E-state index contributed by atoms with van der Waals surface area (Å²) in [6.45, 7) is 7.38. The zero-order valence-corrected chi connectivity index (χ0v) is 14.5. The van der Waals surface area contributed by atoms with E-state index >= 15 is 0 Å². The van der Waals surface area contributed by atoms with E-state index in [0.29, 0.717) is 6.54 Å². The number of anilines is 1. The van der Waals surface area contributed by atoms with Gasteiger partial charge in [-0.2, -0.15) is 0 Å². The number of aryl methyl sites for hydroxylation is 2. The van der Waals surface area contributed by atoms with Crippen LogP contribution in [0.15, 0.2) is 42.5 Å². The van der Waals surface area contributed by atoms with Crippen LogP contribution < -0.4 is 5.32 Å². The number of nitrogens with zero attached hydrogens (tertiary/aromatic N) is 1. The van der Waals surface area contributed by atoms with Crippen molar-refractivity contribution < 1.29 is 4.79 Å². The molecule has 0 atom stereocenters. The molecule has 0 heterocycles. The van der Waals surface area contributed by atoms with Crippen molar-refractivity contribution in [3.05, 3.63) is 64.7 Å². The molecule has 23 heavy (non-hydrogen) atoms. The Balaban J connectivity index is 1.90. The van der Waals surface area contributed by atoms with Crippen molar-refractivity contribution in [3.8, 4) is 0 Å². The van der Waals surface area contributed by atoms with E-state index in [2.05, 4.69) is 49.5 Å². The van der Waals surface area contributed by atoms with Crippen LogP contribution in [0, 0.1) is 13.8 Å². The normalized spacial score (nSPS) is 10.8. The molecule has 3 heteroatoms. The number of carbonyl (C=O) groups excluding carboxylic acids is 1. The summed E-state index contributed by atoms with van der Waals surface area (Å²) in [5.74, 6) is 0.0198. The summed E-state index contributed by atoms with van der Waals surface area (Å²) in [4.78, 5) is 14.3. The highest BCUT2D eigenvalue weighted by molar-refractivity contribution is 5.93. The predicted octanol–water partition coefficient (Wildman–Crippen LogP) is 3.94. The van der Waals surface area contributed by atoms with Crippen molar-refractivity contribution in [2.75, 3.05) is 18.9 Å². The fraction of sp³-hybridized carbons (Fsp3) is 0.350. The minimum absolute atomic E-state index is 0.0198. The van der Waals surface area contributed by atoms with Crippen LogP contribution in [0.5, 0.6) is 0 Å². The Kier molecular flexibility index (Phi) is 5.94. The first kappa shape index (κ1) is 17.2. The molecule has 0 unspecified atom stereocenters. The summed E-state index contributed by atoms with van der Waals surface area (Å²) in [6, 6.07) is 14.5. The maximum Gasteiger partial charge on any atom is 0.238 e. The first-order valence-electron chi connectivity index (χ1n) is 8.12. The Morgan fingerprint density at radius 3 is 2.35 bits per heavy atom. The third kappa shape index (κ3) is 4.93. The molecule has 0 saturated carbocycles. The van der Waals surface area contributed by atoms with Crippen molar-refractivity contribution in [1.82, 2.24) is 4.90 Å². The third-order valence-corrected chi connectivity index (χ3v) is 4.18. The number of likely N-dealkylation sites (N-methyl/N-ethyl adjacent to an activating group) is 1. The largest absolute Gasteiger partial charge is 0.325 e. The van der Waals surface area contributed by atoms with E-state index in [1.165, 1.54) is 16.7 Å². The minimum Gasteiger partial charge on any atom is -0.325 e. The minimum atomic E-state index is 0.0198. The Bertz CT molecular complexity index is 662. The summed E-state index contributed by atoms with van der Waals surface area (Å²) in [5.41, 5.74) is 5.77. The number of hydrogen-bond donors (Lipinski definition) is 1. The van der Waals surface area contributed by atoms with Gasteiger partial charge in [0.05, 0.1) is 6.54 Å². The molecule has 0 fully saturated rings. The van der Waals surface area contributed by atoms with Crippen LogP contribution in [0.1, 0.15) is 29.2 Å². The van der Waals surface area contributed by atoms with Gasteiger partial charge in [-0.05, 0) is 55.6 Å². The van der Waals surface area contributed by atoms with Crippen LogP contribution >= 0.6 is 0 Å². The van der Waals surface area contributed by atoms with Gasteiger partial charge in [-0.1, -0.05) is 43.3 Å². The molecule has 0 aliphatic rings. The standard InChI is InChI=1S/C20H26N2O/c1-5-17-9-11-18(12-10-17)13-22(4)14-20(23)21-19-8-6-7-15(2)16(19)3/h6-12H,5,13-14H2,1-4H3,(H,21,23). The number of nitrogens with one attached hydrogen (secondary N) is 1. The monoisotopic (exact) mass is 310 g/mol. The number of amides is 1. The quantitative estimate of drug-likeness (QED) is 0.876. The fourth-order valence-corrected chi connectivity index (χ4v) is 2.57. The van der Waals surface area contributed by atoms with Crippen LogP contribution in [0.25, 0.3) is 0 Å². The van der Waals surface area contributed by atoms with Gasteiger partial charge in [-0.15, -0.1) is 0 Å². The van der Waals surface area contributed by atoms with Crippen LogP contribution in [-0.2, 0) is 17.8 Å². The highest BCUT2D eigenvalue weighted by Crippen LogP contribution is 2.17. The number of rotatable bonds is 6. The first-order chi connectivity index (χ1) is 11.0. The summed E-state index contributed by atoms with van der Waals surface area (Å²) in [7, 11) is 1.97. The van der Waals surface area contributed by atoms with Crippen molar-refractivity contribution >= 4 is 11.6 Å². The van der Waals surface area contributed by atoms with E-state index in [1.54, 1.807) is 0 Å². The smallest absolute Gasteiger partial charge is 0.238 e. The molecule has 2 aromatic rings. The molecular weight excluding hydrogens is 284 g/mol. The lowest BCUT2D eigenvalue weighted by molar-refractivity contribution is -0.117. The van der Waals surface area contributed by atoms with Crippen molar-refractivity contribution in [3.63, 3.8) is 0 Å². The summed E-state index contributed by atoms with van der Waals surface area (Å²) in [6.07, 6.45) is 1.05. The van der Waals surface area contributed by atoms with Gasteiger partial charge in [0.15, 0.2) is 0 Å². The Morgan fingerprint density at radius 2 is 1.70 bits per heavy atom. The third-order valence-electron chi connectivity index (χ3n) is 4.18. The van der Waals surface area contributed by atoms with Gasteiger partial charge >= 0.3 is 0 Å². The summed E-state index contributed by atoms with van der Waals surface area (Å²) in [5, 5.41) is 3.01. The number of hydrogen-bond acceptors (Lipinski definition) is 2. The van der Waals surface area contributed by atoms with Gasteiger partial charge < -0.3 is 5.32 Å². The zero-order valence-electron chi connectivity index (χ0n) is 14.5. The first-order valence-corrected chi connectivity index (χ1v) is 8.12. The SMILES string of the molecule is CCc1ccc(CN(C)CC(=O)Nc2cccc(C)c2C)cc1. The van der Waals surface area contributed by atoms with Gasteiger partial charge in [0, 0.05) is 12.2 Å². The van der Waals surface area contributed by atoms with Crippen molar-refractivity contribution in [2.24, 2.45) is 0 Å². The number of benzene rings is 2. The molecule has 2 rings (SSSR count). The van der Waals surface area contributed by atoms with Gasteiger partial charge in [0.1, 0.15) is 0 Å². The lowest BCUT2D eigenvalue weighted by Crippen LogP contribution is -2.30. The molecule has 0 aliphatic carbocycles. The van der Waals surface area contributed by atoms with Gasteiger partial charge in [-0.25, -0.2) is 0 Å². The average molecular weight is 310 g/mol. The molecule has 0 spiro atoms. The van der Waals surface area contributed by atoms with E-state index in [1.807, 2.05) is 31.0 Å².